The lowest BCUT2D eigenvalue weighted by atomic mass is 10.1. The van der Waals surface area contributed by atoms with Gasteiger partial charge in [0.25, 0.3) is 0 Å². The van der Waals surface area contributed by atoms with Crippen LogP contribution in [0.3, 0.4) is 0 Å². The maximum Gasteiger partial charge on any atom is 0.415 e. The van der Waals surface area contributed by atoms with Gasteiger partial charge in [-0.05, 0) is 36.8 Å². The molecule has 1 aliphatic rings. The summed E-state index contributed by atoms with van der Waals surface area (Å²) in [6.45, 7) is 2.53. The Balaban J connectivity index is 1.99. The minimum absolute atomic E-state index is 0.145. The number of amides is 1. The van der Waals surface area contributed by atoms with E-state index in [1.54, 1.807) is 17.9 Å². The fraction of sp³-hybridized carbons (Fsp3) is 0.222. The summed E-state index contributed by atoms with van der Waals surface area (Å²) in [6.07, 6.45) is -0.407. The van der Waals surface area contributed by atoms with E-state index in [0.717, 1.165) is 15.6 Å². The van der Waals surface area contributed by atoms with Crippen molar-refractivity contribution in [3.8, 4) is 0 Å². The highest BCUT2D eigenvalue weighted by Crippen LogP contribution is 2.30. The second kappa shape index (κ2) is 7.36. The number of hydrogen-bond donors (Lipinski definition) is 0. The van der Waals surface area contributed by atoms with Gasteiger partial charge in [-0.1, -0.05) is 51.8 Å². The molecule has 0 aromatic heterocycles. The minimum atomic E-state index is -0.407. The number of hydrogen-bond acceptors (Lipinski definition) is 3. The third-order valence-electron chi connectivity index (χ3n) is 3.75. The van der Waals surface area contributed by atoms with E-state index in [2.05, 4.69) is 15.9 Å². The molecule has 0 bridgehead atoms. The zero-order valence-corrected chi connectivity index (χ0v) is 15.4. The molecule has 0 N–H and O–H groups in total. The van der Waals surface area contributed by atoms with Gasteiger partial charge in [0.1, 0.15) is 5.84 Å². The van der Waals surface area contributed by atoms with E-state index in [9.17, 15) is 4.79 Å². The Morgan fingerprint density at radius 3 is 2.67 bits per heavy atom. The van der Waals surface area contributed by atoms with Crippen molar-refractivity contribution in [2.75, 3.05) is 13.2 Å². The van der Waals surface area contributed by atoms with Crippen LogP contribution in [0.25, 0.3) is 0 Å². The first-order chi connectivity index (χ1) is 11.6. The number of aliphatic imine (C=N–C) groups is 1. The summed E-state index contributed by atoms with van der Waals surface area (Å²) in [5.41, 5.74) is 1.77. The molecular weight excluding hydrogens is 392 g/mol. The van der Waals surface area contributed by atoms with E-state index in [0.29, 0.717) is 24.0 Å². The molecule has 1 unspecified atom stereocenters. The van der Waals surface area contributed by atoms with Crippen LogP contribution in [0.5, 0.6) is 0 Å². The van der Waals surface area contributed by atoms with Crippen LogP contribution in [-0.2, 0) is 4.74 Å². The zero-order valence-electron chi connectivity index (χ0n) is 13.1. The van der Waals surface area contributed by atoms with Crippen LogP contribution < -0.4 is 0 Å². The Morgan fingerprint density at radius 1 is 1.29 bits per heavy atom. The lowest BCUT2D eigenvalue weighted by Gasteiger charge is -2.19. The summed E-state index contributed by atoms with van der Waals surface area (Å²) in [5.74, 6) is 0.548. The average Bonchev–Trinajstić information content (AvgIpc) is 3.01. The Labute approximate surface area is 154 Å². The van der Waals surface area contributed by atoms with E-state index < -0.39 is 6.09 Å². The largest absolute Gasteiger partial charge is 0.449 e. The lowest BCUT2D eigenvalue weighted by Crippen LogP contribution is -2.35. The van der Waals surface area contributed by atoms with E-state index in [1.807, 2.05) is 42.5 Å². The first-order valence-corrected chi connectivity index (χ1v) is 8.79. The molecule has 0 saturated carbocycles. The highest BCUT2D eigenvalue weighted by molar-refractivity contribution is 9.10. The number of ether oxygens (including phenoxy) is 1. The molecule has 4 nitrogen and oxygen atoms in total. The van der Waals surface area contributed by atoms with Crippen molar-refractivity contribution in [2.45, 2.75) is 13.0 Å². The van der Waals surface area contributed by atoms with Crippen molar-refractivity contribution in [3.63, 3.8) is 0 Å². The SMILES string of the molecule is CCOC(=O)N1CC(c2ccc(Br)cc2)N=C1c1ccccc1Cl. The Kier molecular flexibility index (Phi) is 5.21. The van der Waals surface area contributed by atoms with Gasteiger partial charge in [-0.2, -0.15) is 0 Å². The van der Waals surface area contributed by atoms with Crippen molar-refractivity contribution >= 4 is 39.5 Å². The first kappa shape index (κ1) is 17.0. The molecule has 0 aliphatic carbocycles. The molecule has 1 heterocycles. The van der Waals surface area contributed by atoms with Gasteiger partial charge in [0.05, 0.1) is 24.2 Å². The molecule has 124 valence electrons. The highest BCUT2D eigenvalue weighted by atomic mass is 79.9. The molecule has 0 radical (unpaired) electrons. The molecule has 1 aliphatic heterocycles. The quantitative estimate of drug-likeness (QED) is 0.713. The molecule has 2 aromatic rings. The van der Waals surface area contributed by atoms with Crippen LogP contribution in [0.2, 0.25) is 5.02 Å². The molecule has 0 spiro atoms. The summed E-state index contributed by atoms with van der Waals surface area (Å²) < 4.78 is 6.18. The number of amidine groups is 1. The molecule has 0 saturated heterocycles. The number of carbonyl (C=O) groups is 1. The van der Waals surface area contributed by atoms with Crippen LogP contribution in [0.4, 0.5) is 4.79 Å². The molecular formula is C18H16BrClN2O2. The topological polar surface area (TPSA) is 41.9 Å². The summed E-state index contributed by atoms with van der Waals surface area (Å²) in [7, 11) is 0. The Bertz CT molecular complexity index is 777. The third-order valence-corrected chi connectivity index (χ3v) is 4.61. The molecule has 1 amide bonds. The number of carbonyl (C=O) groups excluding carboxylic acids is 1. The van der Waals surface area contributed by atoms with Gasteiger partial charge in [0, 0.05) is 10.0 Å². The summed E-state index contributed by atoms with van der Waals surface area (Å²) >= 11 is 9.73. The predicted molar refractivity (Wildman–Crippen MR) is 98.6 cm³/mol. The molecule has 2 aromatic carbocycles. The van der Waals surface area contributed by atoms with Crippen molar-refractivity contribution in [2.24, 2.45) is 4.99 Å². The van der Waals surface area contributed by atoms with Crippen LogP contribution in [0, 0.1) is 0 Å². The van der Waals surface area contributed by atoms with Gasteiger partial charge in [-0.15, -0.1) is 0 Å². The standard InChI is InChI=1S/C18H16BrClN2O2/c1-2-24-18(23)22-11-16(12-7-9-13(19)10-8-12)21-17(22)14-5-3-4-6-15(14)20/h3-10,16H,2,11H2,1H3. The second-order valence-electron chi connectivity index (χ2n) is 5.31. The van der Waals surface area contributed by atoms with Crippen molar-refractivity contribution in [1.29, 1.82) is 0 Å². The van der Waals surface area contributed by atoms with Gasteiger partial charge in [-0.25, -0.2) is 4.79 Å². The van der Waals surface area contributed by atoms with Crippen LogP contribution in [0.15, 0.2) is 58.0 Å². The average molecular weight is 408 g/mol. The van der Waals surface area contributed by atoms with Crippen molar-refractivity contribution in [1.82, 2.24) is 4.90 Å². The van der Waals surface area contributed by atoms with Crippen molar-refractivity contribution in [3.05, 3.63) is 69.2 Å². The zero-order chi connectivity index (χ0) is 17.1. The maximum atomic E-state index is 12.3. The fourth-order valence-corrected chi connectivity index (χ4v) is 3.09. The van der Waals surface area contributed by atoms with Gasteiger partial charge < -0.3 is 4.74 Å². The molecule has 3 rings (SSSR count). The summed E-state index contributed by atoms with van der Waals surface area (Å²) in [4.78, 5) is 18.6. The van der Waals surface area contributed by atoms with E-state index >= 15 is 0 Å². The van der Waals surface area contributed by atoms with Crippen LogP contribution in [-0.4, -0.2) is 30.0 Å². The van der Waals surface area contributed by atoms with Gasteiger partial charge in [0.15, 0.2) is 0 Å². The lowest BCUT2D eigenvalue weighted by molar-refractivity contribution is 0.129. The van der Waals surface area contributed by atoms with Crippen LogP contribution >= 0.6 is 27.5 Å². The van der Waals surface area contributed by atoms with Gasteiger partial charge in [-0.3, -0.25) is 9.89 Å². The Hall–Kier alpha value is -1.85. The predicted octanol–water partition coefficient (Wildman–Crippen LogP) is 5.06. The second-order valence-corrected chi connectivity index (χ2v) is 6.63. The number of benzene rings is 2. The third kappa shape index (κ3) is 3.47. The van der Waals surface area contributed by atoms with E-state index in [-0.39, 0.29) is 6.04 Å². The number of nitrogens with zero attached hydrogens (tertiary/aromatic N) is 2. The van der Waals surface area contributed by atoms with Crippen LogP contribution in [0.1, 0.15) is 24.1 Å². The molecule has 0 fully saturated rings. The van der Waals surface area contributed by atoms with E-state index in [1.165, 1.54) is 0 Å². The number of halogens is 2. The summed E-state index contributed by atoms with van der Waals surface area (Å²) in [5, 5.41) is 0.557. The molecule has 6 heteroatoms. The normalized spacial score (nSPS) is 16.9. The first-order valence-electron chi connectivity index (χ1n) is 7.62. The number of rotatable bonds is 3. The highest BCUT2D eigenvalue weighted by Gasteiger charge is 2.33. The monoisotopic (exact) mass is 406 g/mol. The smallest absolute Gasteiger partial charge is 0.415 e. The molecule has 1 atom stereocenters. The minimum Gasteiger partial charge on any atom is -0.449 e. The van der Waals surface area contributed by atoms with E-state index in [4.69, 9.17) is 21.3 Å². The maximum absolute atomic E-state index is 12.3. The molecule has 24 heavy (non-hydrogen) atoms. The fourth-order valence-electron chi connectivity index (χ4n) is 2.60. The van der Waals surface area contributed by atoms with Gasteiger partial charge in [0.2, 0.25) is 0 Å². The van der Waals surface area contributed by atoms with Gasteiger partial charge >= 0.3 is 6.09 Å². The van der Waals surface area contributed by atoms with Crippen molar-refractivity contribution < 1.29 is 9.53 Å². The summed E-state index contributed by atoms with van der Waals surface area (Å²) in [6, 6.07) is 15.2. The Morgan fingerprint density at radius 2 is 2.00 bits per heavy atom.